The topological polar surface area (TPSA) is 55.8 Å². The van der Waals surface area contributed by atoms with Gasteiger partial charge in [-0.25, -0.2) is 12.8 Å². The zero-order valence-electron chi connectivity index (χ0n) is 17.6. The van der Waals surface area contributed by atoms with Gasteiger partial charge in [0.25, 0.3) is 10.0 Å². The highest BCUT2D eigenvalue weighted by Gasteiger charge is 2.36. The first-order valence-corrected chi connectivity index (χ1v) is 11.8. The second kappa shape index (κ2) is 8.99. The summed E-state index contributed by atoms with van der Waals surface area (Å²) in [5.74, 6) is -0.571. The van der Waals surface area contributed by atoms with Crippen molar-refractivity contribution in [2.24, 2.45) is 0 Å². The predicted octanol–water partition coefficient (Wildman–Crippen LogP) is 6.05. The van der Waals surface area contributed by atoms with Gasteiger partial charge >= 0.3 is 6.18 Å². The first-order chi connectivity index (χ1) is 16.0. The van der Waals surface area contributed by atoms with Crippen molar-refractivity contribution in [3.05, 3.63) is 82.6 Å². The molecular formula is C23H18ClF4NO4S. The van der Waals surface area contributed by atoms with Crippen LogP contribution in [0.25, 0.3) is 0 Å². The molecule has 0 saturated carbocycles. The molecule has 0 spiro atoms. The Bertz CT molecular complexity index is 1310. The molecule has 0 N–H and O–H groups in total. The second-order valence-electron chi connectivity index (χ2n) is 7.63. The van der Waals surface area contributed by atoms with Gasteiger partial charge in [-0.05, 0) is 55.0 Å². The number of benzene rings is 3. The Balaban J connectivity index is 1.69. The molecule has 0 unspecified atom stereocenters. The number of para-hydroxylation sites is 1. The van der Waals surface area contributed by atoms with E-state index < -0.39 is 38.6 Å². The quantitative estimate of drug-likeness (QED) is 0.388. The zero-order valence-corrected chi connectivity index (χ0v) is 19.2. The van der Waals surface area contributed by atoms with Crippen molar-refractivity contribution >= 4 is 27.3 Å². The van der Waals surface area contributed by atoms with Crippen molar-refractivity contribution < 1.29 is 35.5 Å². The Morgan fingerprint density at radius 1 is 1.12 bits per heavy atom. The van der Waals surface area contributed by atoms with Crippen molar-refractivity contribution in [1.82, 2.24) is 0 Å². The van der Waals surface area contributed by atoms with Crippen molar-refractivity contribution in [2.75, 3.05) is 10.8 Å². The van der Waals surface area contributed by atoms with Crippen molar-refractivity contribution in [3.8, 4) is 11.5 Å². The smallest absolute Gasteiger partial charge is 0.416 e. The van der Waals surface area contributed by atoms with Crippen LogP contribution in [-0.4, -0.2) is 21.1 Å². The first kappa shape index (κ1) is 24.2. The lowest BCUT2D eigenvalue weighted by Gasteiger charge is -2.34. The maximum absolute atomic E-state index is 14.0. The Labute approximate surface area is 198 Å². The second-order valence-corrected chi connectivity index (χ2v) is 9.90. The van der Waals surface area contributed by atoms with E-state index in [2.05, 4.69) is 0 Å². The molecule has 34 heavy (non-hydrogen) atoms. The third-order valence-electron chi connectivity index (χ3n) is 5.09. The van der Waals surface area contributed by atoms with Crippen LogP contribution in [0.3, 0.4) is 0 Å². The number of anilines is 1. The fourth-order valence-corrected chi connectivity index (χ4v) is 5.30. The van der Waals surface area contributed by atoms with Gasteiger partial charge in [-0.1, -0.05) is 29.8 Å². The lowest BCUT2D eigenvalue weighted by Crippen LogP contribution is -2.42. The van der Waals surface area contributed by atoms with Crippen LogP contribution >= 0.6 is 11.6 Å². The van der Waals surface area contributed by atoms with Crippen molar-refractivity contribution in [1.29, 1.82) is 0 Å². The fraction of sp³-hybridized carbons (Fsp3) is 0.217. The fourth-order valence-electron chi connectivity index (χ4n) is 3.50. The van der Waals surface area contributed by atoms with E-state index in [0.717, 1.165) is 22.5 Å². The molecule has 0 fully saturated rings. The first-order valence-electron chi connectivity index (χ1n) is 10.0. The molecule has 5 nitrogen and oxygen atoms in total. The molecular weight excluding hydrogens is 498 g/mol. The van der Waals surface area contributed by atoms with Crippen LogP contribution in [-0.2, 0) is 22.8 Å². The summed E-state index contributed by atoms with van der Waals surface area (Å²) in [7, 11) is -4.36. The van der Waals surface area contributed by atoms with E-state index in [4.69, 9.17) is 21.1 Å². The average Bonchev–Trinajstić information content (AvgIpc) is 2.78. The Hall–Kier alpha value is -2.98. The number of hydrogen-bond acceptors (Lipinski definition) is 4. The third-order valence-corrected chi connectivity index (χ3v) is 7.17. The molecule has 1 atom stereocenters. The Kier molecular flexibility index (Phi) is 6.39. The number of rotatable bonds is 5. The summed E-state index contributed by atoms with van der Waals surface area (Å²) < 4.78 is 92.4. The molecule has 1 heterocycles. The highest BCUT2D eigenvalue weighted by Crippen LogP contribution is 2.39. The number of nitrogens with zero attached hydrogens (tertiary/aromatic N) is 1. The maximum atomic E-state index is 14.0. The summed E-state index contributed by atoms with van der Waals surface area (Å²) >= 11 is 5.97. The van der Waals surface area contributed by atoms with E-state index in [1.54, 1.807) is 13.0 Å². The predicted molar refractivity (Wildman–Crippen MR) is 118 cm³/mol. The molecule has 3 aromatic carbocycles. The summed E-state index contributed by atoms with van der Waals surface area (Å²) in [5, 5.41) is 0.0730. The molecule has 0 aliphatic carbocycles. The minimum absolute atomic E-state index is 0.0730. The number of halogens is 5. The van der Waals surface area contributed by atoms with E-state index in [0.29, 0.717) is 11.6 Å². The average molecular weight is 516 g/mol. The molecule has 180 valence electrons. The van der Waals surface area contributed by atoms with E-state index in [1.165, 1.54) is 30.3 Å². The summed E-state index contributed by atoms with van der Waals surface area (Å²) in [6.45, 7) is 1.39. The van der Waals surface area contributed by atoms with E-state index in [9.17, 15) is 26.0 Å². The highest BCUT2D eigenvalue weighted by molar-refractivity contribution is 7.92. The van der Waals surface area contributed by atoms with Gasteiger partial charge in [0, 0.05) is 0 Å². The normalized spacial score (nSPS) is 16.1. The van der Waals surface area contributed by atoms with Crippen molar-refractivity contribution in [2.45, 2.75) is 30.7 Å². The van der Waals surface area contributed by atoms with E-state index in [-0.39, 0.29) is 35.4 Å². The molecule has 11 heteroatoms. The number of hydrogen-bond donors (Lipinski definition) is 0. The van der Waals surface area contributed by atoms with E-state index >= 15 is 0 Å². The van der Waals surface area contributed by atoms with E-state index in [1.807, 2.05) is 0 Å². The van der Waals surface area contributed by atoms with Gasteiger partial charge in [0.1, 0.15) is 18.5 Å². The Morgan fingerprint density at radius 3 is 2.56 bits per heavy atom. The molecule has 0 amide bonds. The van der Waals surface area contributed by atoms with Crippen LogP contribution in [0.15, 0.2) is 65.6 Å². The van der Waals surface area contributed by atoms with Gasteiger partial charge in [0.15, 0.2) is 11.6 Å². The van der Waals surface area contributed by atoms with Crippen LogP contribution in [0, 0.1) is 5.82 Å². The van der Waals surface area contributed by atoms with Gasteiger partial charge in [-0.15, -0.1) is 0 Å². The highest BCUT2D eigenvalue weighted by atomic mass is 35.5. The van der Waals surface area contributed by atoms with Crippen LogP contribution in [0.1, 0.15) is 18.1 Å². The SMILES string of the molecule is C[C@@H]1CN(S(=O)(=O)c2cccc(C(F)(F)F)c2)c2cc(COc3c(F)cccc3Cl)ccc2O1. The van der Waals surface area contributed by atoms with Gasteiger partial charge in [-0.2, -0.15) is 13.2 Å². The van der Waals surface area contributed by atoms with Gasteiger partial charge in [0.2, 0.25) is 0 Å². The van der Waals surface area contributed by atoms with Crippen LogP contribution in [0.4, 0.5) is 23.2 Å². The molecule has 0 aromatic heterocycles. The summed E-state index contributed by atoms with van der Waals surface area (Å²) in [6, 6.07) is 12.3. The number of alkyl halides is 3. The molecule has 1 aliphatic heterocycles. The molecule has 0 bridgehead atoms. The third kappa shape index (κ3) is 4.78. The van der Waals surface area contributed by atoms with Crippen molar-refractivity contribution in [3.63, 3.8) is 0 Å². The number of fused-ring (bicyclic) bond motifs is 1. The van der Waals surface area contributed by atoms with Crippen LogP contribution in [0.5, 0.6) is 11.5 Å². The Morgan fingerprint density at radius 2 is 1.85 bits per heavy atom. The minimum atomic E-state index is -4.69. The molecule has 1 aliphatic rings. The van der Waals surface area contributed by atoms with Gasteiger partial charge < -0.3 is 9.47 Å². The maximum Gasteiger partial charge on any atom is 0.416 e. The molecule has 4 rings (SSSR count). The van der Waals surface area contributed by atoms with Gasteiger partial charge in [-0.3, -0.25) is 4.31 Å². The minimum Gasteiger partial charge on any atom is -0.487 e. The summed E-state index contributed by atoms with van der Waals surface area (Å²) in [6.07, 6.45) is -5.24. The van der Waals surface area contributed by atoms with Gasteiger partial charge in [0.05, 0.1) is 27.7 Å². The molecule has 0 saturated heterocycles. The number of sulfonamides is 1. The summed E-state index contributed by atoms with van der Waals surface area (Å²) in [5.41, 5.74) is -0.462. The molecule has 0 radical (unpaired) electrons. The van der Waals surface area contributed by atoms with Crippen LogP contribution in [0.2, 0.25) is 5.02 Å². The summed E-state index contributed by atoms with van der Waals surface area (Å²) in [4.78, 5) is -0.498. The molecule has 3 aromatic rings. The van der Waals surface area contributed by atoms with Crippen LogP contribution < -0.4 is 13.8 Å². The monoisotopic (exact) mass is 515 g/mol. The number of ether oxygens (including phenoxy) is 2. The standard InChI is InChI=1S/C23H18ClF4NO4S/c1-14-12-29(34(30,31)17-5-2-4-16(11-17)23(26,27)28)20-10-15(8-9-21(20)33-14)13-32-22-18(24)6-3-7-19(22)25/h2-11,14H,12-13H2,1H3/t14-/m1/s1. The lowest BCUT2D eigenvalue weighted by molar-refractivity contribution is -0.137. The zero-order chi connectivity index (χ0) is 24.7. The largest absolute Gasteiger partial charge is 0.487 e. The lowest BCUT2D eigenvalue weighted by atomic mass is 10.1.